The lowest BCUT2D eigenvalue weighted by Crippen LogP contribution is -2.35. The number of aliphatic imine (C=N–C) groups is 1. The fourth-order valence-corrected chi connectivity index (χ4v) is 4.53. The van der Waals surface area contributed by atoms with E-state index in [-0.39, 0.29) is 23.1 Å². The van der Waals surface area contributed by atoms with Crippen LogP contribution in [0.1, 0.15) is 66.2 Å². The molecular weight excluding hydrogens is 366 g/mol. The zero-order valence-electron chi connectivity index (χ0n) is 18.3. The summed E-state index contributed by atoms with van der Waals surface area (Å²) in [7, 11) is 1.66. The number of carbonyl (C=O) groups is 2. The molecule has 5 nitrogen and oxygen atoms in total. The van der Waals surface area contributed by atoms with Gasteiger partial charge in [0.25, 0.3) is 0 Å². The average molecular weight is 400 g/mol. The van der Waals surface area contributed by atoms with Crippen molar-refractivity contribution in [3.05, 3.63) is 34.8 Å². The second-order valence-corrected chi connectivity index (χ2v) is 9.13. The molecule has 1 aliphatic heterocycles. The van der Waals surface area contributed by atoms with Crippen molar-refractivity contribution in [2.75, 3.05) is 13.7 Å². The molecule has 0 aromatic heterocycles. The van der Waals surface area contributed by atoms with Crippen LogP contribution in [-0.4, -0.2) is 31.2 Å². The van der Waals surface area contributed by atoms with Gasteiger partial charge >= 0.3 is 5.97 Å². The molecule has 1 fully saturated rings. The molecular formula is C24H33NO4. The van der Waals surface area contributed by atoms with Crippen molar-refractivity contribution in [1.29, 1.82) is 0 Å². The van der Waals surface area contributed by atoms with E-state index in [2.05, 4.69) is 20.8 Å². The van der Waals surface area contributed by atoms with Gasteiger partial charge in [-0.25, -0.2) is 0 Å². The van der Waals surface area contributed by atoms with Crippen LogP contribution in [0.4, 0.5) is 0 Å². The molecule has 0 amide bonds. The van der Waals surface area contributed by atoms with Crippen LogP contribution in [0.3, 0.4) is 0 Å². The van der Waals surface area contributed by atoms with Gasteiger partial charge in [0.1, 0.15) is 11.7 Å². The first-order chi connectivity index (χ1) is 13.8. The van der Waals surface area contributed by atoms with Crippen molar-refractivity contribution in [2.45, 2.75) is 66.2 Å². The monoisotopic (exact) mass is 399 g/mol. The Hall–Kier alpha value is -2.17. The summed E-state index contributed by atoms with van der Waals surface area (Å²) in [4.78, 5) is 30.9. The van der Waals surface area contributed by atoms with E-state index in [1.165, 1.54) is 6.42 Å². The van der Waals surface area contributed by atoms with Crippen LogP contribution in [0.15, 0.2) is 39.7 Å². The van der Waals surface area contributed by atoms with Crippen molar-refractivity contribution in [3.8, 4) is 0 Å². The molecule has 1 heterocycles. The van der Waals surface area contributed by atoms with E-state index in [4.69, 9.17) is 14.5 Å². The van der Waals surface area contributed by atoms with E-state index in [0.717, 1.165) is 48.4 Å². The van der Waals surface area contributed by atoms with Gasteiger partial charge in [-0.3, -0.25) is 14.6 Å². The van der Waals surface area contributed by atoms with Gasteiger partial charge in [0.15, 0.2) is 5.78 Å². The third-order valence-corrected chi connectivity index (χ3v) is 6.00. The zero-order valence-corrected chi connectivity index (χ0v) is 18.3. The number of methoxy groups -OCH3 is 1. The summed E-state index contributed by atoms with van der Waals surface area (Å²) in [6, 6.07) is 0. The van der Waals surface area contributed by atoms with E-state index in [0.29, 0.717) is 18.6 Å². The molecule has 0 radical (unpaired) electrons. The predicted octanol–water partition coefficient (Wildman–Crippen LogP) is 4.93. The van der Waals surface area contributed by atoms with Gasteiger partial charge in [-0.15, -0.1) is 0 Å². The van der Waals surface area contributed by atoms with E-state index < -0.39 is 5.92 Å². The molecule has 3 aliphatic rings. The Morgan fingerprint density at radius 1 is 1.17 bits per heavy atom. The Morgan fingerprint density at radius 3 is 2.45 bits per heavy atom. The molecule has 158 valence electrons. The molecule has 1 unspecified atom stereocenters. The number of hydrogen-bond acceptors (Lipinski definition) is 5. The highest BCUT2D eigenvalue weighted by molar-refractivity contribution is 6.17. The topological polar surface area (TPSA) is 65.0 Å². The fourth-order valence-electron chi connectivity index (χ4n) is 4.53. The van der Waals surface area contributed by atoms with Crippen LogP contribution in [0.25, 0.3) is 0 Å². The number of fused-ring (bicyclic) bond motifs is 1. The van der Waals surface area contributed by atoms with Gasteiger partial charge in [0.2, 0.25) is 0 Å². The van der Waals surface area contributed by atoms with E-state index in [9.17, 15) is 9.59 Å². The quantitative estimate of drug-likeness (QED) is 0.469. The minimum absolute atomic E-state index is 0.0740. The lowest BCUT2D eigenvalue weighted by Gasteiger charge is -2.29. The number of ether oxygens (including phenoxy) is 2. The first kappa shape index (κ1) is 21.5. The first-order valence-electron chi connectivity index (χ1n) is 10.8. The Kier molecular flexibility index (Phi) is 6.45. The average Bonchev–Trinajstić information content (AvgIpc) is 3.07. The van der Waals surface area contributed by atoms with Crippen molar-refractivity contribution in [3.63, 3.8) is 0 Å². The maximum absolute atomic E-state index is 13.4. The van der Waals surface area contributed by atoms with Crippen molar-refractivity contribution in [2.24, 2.45) is 22.2 Å². The number of rotatable bonds is 6. The molecule has 1 atom stereocenters. The number of nitrogens with zero attached hydrogens (tertiary/aromatic N) is 1. The highest BCUT2D eigenvalue weighted by Gasteiger charge is 2.40. The highest BCUT2D eigenvalue weighted by atomic mass is 16.5. The summed E-state index contributed by atoms with van der Waals surface area (Å²) >= 11 is 0. The summed E-state index contributed by atoms with van der Waals surface area (Å²) in [6.07, 6.45) is 9.32. The van der Waals surface area contributed by atoms with Gasteiger partial charge in [-0.2, -0.15) is 0 Å². The molecule has 0 bridgehead atoms. The van der Waals surface area contributed by atoms with Crippen molar-refractivity contribution < 1.29 is 19.1 Å². The Labute approximate surface area is 173 Å². The second-order valence-electron chi connectivity index (χ2n) is 9.13. The molecule has 5 heteroatoms. The zero-order chi connectivity index (χ0) is 21.2. The predicted molar refractivity (Wildman–Crippen MR) is 113 cm³/mol. The fraction of sp³-hybridized carbons (Fsp3) is 0.625. The number of hydrogen-bond donors (Lipinski definition) is 0. The standard InChI is InChI=1S/C24H33NO4/c1-6-29-23(27)19(15-10-8-7-9-11-15)20(26)16-12-13-17-18(14-16)25-22(21(17)28-5)24(2,3)4/h12-13,15,19H,6-11,14H2,1-5H3. The maximum Gasteiger partial charge on any atom is 0.317 e. The van der Waals surface area contributed by atoms with E-state index in [1.54, 1.807) is 14.0 Å². The number of Topliss-reactive ketones (excluding diaryl/α,β-unsaturated/α-hetero) is 1. The van der Waals surface area contributed by atoms with E-state index >= 15 is 0 Å². The summed E-state index contributed by atoms with van der Waals surface area (Å²) in [5, 5.41) is 0. The largest absolute Gasteiger partial charge is 0.494 e. The summed E-state index contributed by atoms with van der Waals surface area (Å²) in [5.41, 5.74) is 3.18. The van der Waals surface area contributed by atoms with Crippen LogP contribution in [0.5, 0.6) is 0 Å². The molecule has 3 rings (SSSR count). The normalized spacial score (nSPS) is 21.1. The Morgan fingerprint density at radius 2 is 1.86 bits per heavy atom. The van der Waals surface area contributed by atoms with Gasteiger partial charge < -0.3 is 9.47 Å². The Bertz CT molecular complexity index is 801. The van der Waals surface area contributed by atoms with Gasteiger partial charge in [-0.05, 0) is 31.8 Å². The minimum Gasteiger partial charge on any atom is -0.494 e. The lowest BCUT2D eigenvalue weighted by atomic mass is 9.75. The molecule has 0 aromatic rings. The molecule has 2 aliphatic carbocycles. The van der Waals surface area contributed by atoms with Crippen LogP contribution >= 0.6 is 0 Å². The van der Waals surface area contributed by atoms with Gasteiger partial charge in [0, 0.05) is 23.0 Å². The molecule has 29 heavy (non-hydrogen) atoms. The number of allylic oxidation sites excluding steroid dienone is 5. The smallest absolute Gasteiger partial charge is 0.317 e. The molecule has 0 spiro atoms. The summed E-state index contributed by atoms with van der Waals surface area (Å²) < 4.78 is 10.9. The molecule has 0 N–H and O–H groups in total. The maximum atomic E-state index is 13.4. The van der Waals surface area contributed by atoms with Gasteiger partial charge in [-0.1, -0.05) is 46.1 Å². The third-order valence-electron chi connectivity index (χ3n) is 6.00. The first-order valence-corrected chi connectivity index (χ1v) is 10.8. The lowest BCUT2D eigenvalue weighted by molar-refractivity contribution is -0.153. The molecule has 0 aromatic carbocycles. The van der Waals surface area contributed by atoms with Gasteiger partial charge in [0.05, 0.1) is 25.1 Å². The van der Waals surface area contributed by atoms with Crippen LogP contribution < -0.4 is 0 Å². The number of ketones is 1. The summed E-state index contributed by atoms with van der Waals surface area (Å²) in [5.74, 6) is -0.319. The summed E-state index contributed by atoms with van der Waals surface area (Å²) in [6.45, 7) is 8.38. The highest BCUT2D eigenvalue weighted by Crippen LogP contribution is 2.41. The van der Waals surface area contributed by atoms with Crippen LogP contribution in [0.2, 0.25) is 0 Å². The molecule has 0 saturated heterocycles. The minimum atomic E-state index is -0.699. The SMILES string of the molecule is CCOC(=O)C(C(=O)C1=CC=C2C(=NC(C(C)(C)C)=C2OC)C1)C1CCCCC1. The molecule has 1 saturated carbocycles. The van der Waals surface area contributed by atoms with E-state index in [1.807, 2.05) is 12.2 Å². The van der Waals surface area contributed by atoms with Crippen LogP contribution in [0, 0.1) is 17.3 Å². The van der Waals surface area contributed by atoms with Crippen molar-refractivity contribution in [1.82, 2.24) is 0 Å². The Balaban J connectivity index is 1.87. The number of carbonyl (C=O) groups excluding carboxylic acids is 2. The van der Waals surface area contributed by atoms with Crippen molar-refractivity contribution >= 4 is 17.5 Å². The number of esters is 1. The second kappa shape index (κ2) is 8.68. The van der Waals surface area contributed by atoms with Crippen LogP contribution in [-0.2, 0) is 19.1 Å². The third kappa shape index (κ3) is 4.39.